The molecule has 1 atom stereocenters. The second kappa shape index (κ2) is 6.96. The van der Waals surface area contributed by atoms with E-state index in [0.717, 1.165) is 0 Å². The fraction of sp³-hybridized carbons (Fsp3) is 0.571. The Labute approximate surface area is 124 Å². The van der Waals surface area contributed by atoms with Crippen molar-refractivity contribution in [2.24, 2.45) is 0 Å². The molecule has 1 aromatic rings. The van der Waals surface area contributed by atoms with E-state index >= 15 is 0 Å². The van der Waals surface area contributed by atoms with Gasteiger partial charge in [0.15, 0.2) is 14.4 Å². The van der Waals surface area contributed by atoms with Gasteiger partial charge in [-0.2, -0.15) is 13.2 Å². The minimum Gasteiger partial charge on any atom is -0.402 e. The first-order valence-electron chi connectivity index (χ1n) is 6.78. The van der Waals surface area contributed by atoms with Crippen LogP contribution in [0.4, 0.5) is 13.2 Å². The molecule has 20 heavy (non-hydrogen) atoms. The fourth-order valence-electron chi connectivity index (χ4n) is 2.21. The lowest BCUT2D eigenvalue weighted by molar-refractivity contribution is -0.201. The van der Waals surface area contributed by atoms with E-state index in [1.807, 2.05) is 20.8 Å². The van der Waals surface area contributed by atoms with Gasteiger partial charge in [0.25, 0.3) is 0 Å². The van der Waals surface area contributed by atoms with Gasteiger partial charge in [-0.1, -0.05) is 44.5 Å². The average Bonchev–Trinajstić information content (AvgIpc) is 2.41. The van der Waals surface area contributed by atoms with Crippen molar-refractivity contribution in [1.82, 2.24) is 0 Å². The maximum Gasteiger partial charge on any atom is 0.417 e. The smallest absolute Gasteiger partial charge is 0.402 e. The Morgan fingerprint density at radius 2 is 1.50 bits per heavy atom. The van der Waals surface area contributed by atoms with Crippen molar-refractivity contribution in [3.05, 3.63) is 34.9 Å². The van der Waals surface area contributed by atoms with E-state index in [-0.39, 0.29) is 5.56 Å². The van der Waals surface area contributed by atoms with E-state index in [1.165, 1.54) is 24.3 Å². The molecule has 0 heterocycles. The summed E-state index contributed by atoms with van der Waals surface area (Å²) in [5, 5.41) is 0.416. The quantitative estimate of drug-likeness (QED) is 0.586. The minimum atomic E-state index is -4.41. The number of halogens is 4. The van der Waals surface area contributed by atoms with Crippen LogP contribution in [0, 0.1) is 0 Å². The van der Waals surface area contributed by atoms with Gasteiger partial charge in [0.1, 0.15) is 0 Å². The number of hydrogen-bond donors (Lipinski definition) is 0. The molecule has 0 spiro atoms. The second-order valence-electron chi connectivity index (χ2n) is 4.83. The van der Waals surface area contributed by atoms with Crippen LogP contribution >= 0.6 is 11.6 Å². The molecule has 0 N–H and O–H groups in total. The van der Waals surface area contributed by atoms with Crippen LogP contribution in [0.15, 0.2) is 24.3 Å². The second-order valence-corrected chi connectivity index (χ2v) is 9.99. The van der Waals surface area contributed by atoms with E-state index in [4.69, 9.17) is 16.0 Å². The van der Waals surface area contributed by atoms with Gasteiger partial charge >= 0.3 is 6.18 Å². The summed E-state index contributed by atoms with van der Waals surface area (Å²) in [7, 11) is -2.34. The Morgan fingerprint density at radius 3 is 1.85 bits per heavy atom. The summed E-state index contributed by atoms with van der Waals surface area (Å²) >= 11 is 5.73. The van der Waals surface area contributed by atoms with Gasteiger partial charge in [0, 0.05) is 5.02 Å². The molecule has 1 unspecified atom stereocenters. The van der Waals surface area contributed by atoms with E-state index in [1.54, 1.807) is 0 Å². The van der Waals surface area contributed by atoms with Crippen LogP contribution in [-0.4, -0.2) is 14.5 Å². The Morgan fingerprint density at radius 1 is 1.05 bits per heavy atom. The summed E-state index contributed by atoms with van der Waals surface area (Å²) in [6.45, 7) is 5.73. The molecule has 0 aromatic heterocycles. The van der Waals surface area contributed by atoms with Crippen LogP contribution in [0.25, 0.3) is 0 Å². The van der Waals surface area contributed by atoms with Crippen molar-refractivity contribution in [2.75, 3.05) is 0 Å². The third-order valence-electron chi connectivity index (χ3n) is 3.77. The van der Waals surface area contributed by atoms with E-state index in [2.05, 4.69) is 0 Å². The monoisotopic (exact) mass is 324 g/mol. The topological polar surface area (TPSA) is 9.23 Å². The highest BCUT2D eigenvalue weighted by Crippen LogP contribution is 2.40. The molecule has 0 fully saturated rings. The summed E-state index contributed by atoms with van der Waals surface area (Å²) in [4.78, 5) is 0. The van der Waals surface area contributed by atoms with Crippen LogP contribution in [-0.2, 0) is 4.43 Å². The van der Waals surface area contributed by atoms with Crippen molar-refractivity contribution < 1.29 is 17.6 Å². The molecule has 0 aliphatic carbocycles. The third kappa shape index (κ3) is 4.23. The van der Waals surface area contributed by atoms with Gasteiger partial charge in [-0.05, 0) is 35.8 Å². The summed E-state index contributed by atoms with van der Waals surface area (Å²) in [6, 6.07) is 7.75. The van der Waals surface area contributed by atoms with Crippen molar-refractivity contribution in [3.8, 4) is 0 Å². The lowest BCUT2D eigenvalue weighted by Crippen LogP contribution is -2.41. The van der Waals surface area contributed by atoms with Gasteiger partial charge in [-0.15, -0.1) is 0 Å². The van der Waals surface area contributed by atoms with Gasteiger partial charge in [-0.3, -0.25) is 0 Å². The number of benzene rings is 1. The highest BCUT2D eigenvalue weighted by Gasteiger charge is 2.46. The molecule has 114 valence electrons. The van der Waals surface area contributed by atoms with Crippen molar-refractivity contribution in [3.63, 3.8) is 0 Å². The fourth-order valence-corrected chi connectivity index (χ4v) is 5.11. The largest absolute Gasteiger partial charge is 0.417 e. The molecule has 0 bridgehead atoms. The van der Waals surface area contributed by atoms with Gasteiger partial charge < -0.3 is 4.43 Å². The molecule has 0 aliphatic heterocycles. The third-order valence-corrected chi connectivity index (χ3v) is 8.62. The molecule has 1 aromatic carbocycles. The molecule has 1 rings (SSSR count). The molecule has 0 saturated carbocycles. The molecule has 0 aliphatic rings. The molecule has 0 saturated heterocycles. The van der Waals surface area contributed by atoms with Gasteiger partial charge in [0.2, 0.25) is 0 Å². The van der Waals surface area contributed by atoms with Crippen molar-refractivity contribution >= 4 is 19.9 Å². The molecule has 0 radical (unpaired) electrons. The number of rotatable bonds is 6. The van der Waals surface area contributed by atoms with E-state index in [0.29, 0.717) is 23.2 Å². The molecule has 6 heteroatoms. The molecular weight excluding hydrogens is 305 g/mol. The van der Waals surface area contributed by atoms with Crippen LogP contribution < -0.4 is 0 Å². The summed E-state index contributed by atoms with van der Waals surface area (Å²) in [5.74, 6) is 0. The summed E-state index contributed by atoms with van der Waals surface area (Å²) < 4.78 is 45.6. The normalized spacial score (nSPS) is 14.3. The average molecular weight is 325 g/mol. The van der Waals surface area contributed by atoms with Crippen molar-refractivity contribution in [1.29, 1.82) is 0 Å². The highest BCUT2D eigenvalue weighted by molar-refractivity contribution is 6.73. The van der Waals surface area contributed by atoms with Gasteiger partial charge in [-0.25, -0.2) is 0 Å². The Balaban J connectivity index is 3.11. The zero-order valence-corrected chi connectivity index (χ0v) is 13.7. The Kier molecular flexibility index (Phi) is 6.10. The maximum atomic E-state index is 13.3. The first-order valence-corrected chi connectivity index (χ1v) is 9.68. The van der Waals surface area contributed by atoms with Crippen molar-refractivity contribution in [2.45, 2.75) is 51.2 Å². The zero-order chi connectivity index (χ0) is 15.4. The lowest BCUT2D eigenvalue weighted by Gasteiger charge is -2.34. The summed E-state index contributed by atoms with van der Waals surface area (Å²) in [5.41, 5.74) is 0.120. The Hall–Kier alpha value is -0.523. The first-order chi connectivity index (χ1) is 9.28. The summed E-state index contributed by atoms with van der Waals surface area (Å²) in [6.07, 6.45) is -6.27. The number of hydrogen-bond acceptors (Lipinski definition) is 1. The van der Waals surface area contributed by atoms with E-state index < -0.39 is 20.6 Å². The first kappa shape index (κ1) is 17.5. The molecule has 1 nitrogen and oxygen atoms in total. The van der Waals surface area contributed by atoms with Gasteiger partial charge in [0.05, 0.1) is 0 Å². The zero-order valence-electron chi connectivity index (χ0n) is 11.9. The SMILES string of the molecule is CC[Si](CC)(CC)OC(c1ccc(Cl)cc1)C(F)(F)F. The minimum absolute atomic E-state index is 0.120. The lowest BCUT2D eigenvalue weighted by atomic mass is 10.1. The van der Waals surface area contributed by atoms with E-state index in [9.17, 15) is 13.2 Å². The van der Waals surface area contributed by atoms with Crippen LogP contribution in [0.2, 0.25) is 23.2 Å². The molecular formula is C14H20ClF3OSi. The van der Waals surface area contributed by atoms with Crippen LogP contribution in [0.3, 0.4) is 0 Å². The highest BCUT2D eigenvalue weighted by atomic mass is 35.5. The molecule has 0 amide bonds. The number of alkyl halides is 3. The maximum absolute atomic E-state index is 13.3. The van der Waals surface area contributed by atoms with Crippen LogP contribution in [0.1, 0.15) is 32.4 Å². The Bertz CT molecular complexity index is 407. The predicted molar refractivity (Wildman–Crippen MR) is 78.5 cm³/mol. The standard InChI is InChI=1S/C14H20ClF3OSi/c1-4-20(5-2,6-3)19-13(14(16,17)18)11-7-9-12(15)10-8-11/h7-10,13H,4-6H2,1-3H3. The van der Waals surface area contributed by atoms with Crippen LogP contribution in [0.5, 0.6) is 0 Å². The predicted octanol–water partition coefficient (Wildman–Crippen LogP) is 5.97.